The minimum atomic E-state index is -0.196. The molecule has 5 nitrogen and oxygen atoms in total. The zero-order valence-corrected chi connectivity index (χ0v) is 19.9. The number of aryl methyl sites for hydroxylation is 1. The Labute approximate surface area is 194 Å². The Morgan fingerprint density at radius 2 is 1.78 bits per heavy atom. The van der Waals surface area contributed by atoms with Gasteiger partial charge in [-0.05, 0) is 25.3 Å². The summed E-state index contributed by atoms with van der Waals surface area (Å²) in [5, 5.41) is 15.3. The first kappa shape index (κ1) is 29.1. The van der Waals surface area contributed by atoms with Gasteiger partial charge in [0, 0.05) is 19.2 Å². The van der Waals surface area contributed by atoms with Gasteiger partial charge < -0.3 is 10.4 Å². The van der Waals surface area contributed by atoms with Crippen LogP contribution >= 0.6 is 0 Å². The van der Waals surface area contributed by atoms with E-state index in [9.17, 15) is 4.79 Å². The minimum absolute atomic E-state index is 0.0490. The third kappa shape index (κ3) is 16.8. The Bertz CT molecular complexity index is 712. The van der Waals surface area contributed by atoms with Crippen LogP contribution in [0.5, 0.6) is 0 Å². The van der Waals surface area contributed by atoms with Crippen molar-refractivity contribution in [1.82, 2.24) is 10.7 Å². The van der Waals surface area contributed by atoms with Gasteiger partial charge in [0.2, 0.25) is 0 Å². The largest absolute Gasteiger partial charge is 0.395 e. The zero-order chi connectivity index (χ0) is 23.9. The van der Waals surface area contributed by atoms with Crippen molar-refractivity contribution in [2.24, 2.45) is 5.10 Å². The van der Waals surface area contributed by atoms with Gasteiger partial charge in [-0.25, -0.2) is 0 Å². The van der Waals surface area contributed by atoms with Crippen molar-refractivity contribution in [3.05, 3.63) is 85.1 Å². The highest BCUT2D eigenvalue weighted by Crippen LogP contribution is 2.16. The Balaban J connectivity index is 0.000000599. The highest BCUT2D eigenvalue weighted by atomic mass is 16.3. The van der Waals surface area contributed by atoms with Crippen LogP contribution in [0.25, 0.3) is 0 Å². The molecule has 1 aromatic carbocycles. The number of unbranched alkanes of at least 4 members (excludes halogenated alkanes) is 4. The maximum Gasteiger partial charge on any atom is 0.267 e. The van der Waals surface area contributed by atoms with Gasteiger partial charge >= 0.3 is 0 Å². The average molecular weight is 440 g/mol. The van der Waals surface area contributed by atoms with Crippen LogP contribution in [0.1, 0.15) is 57.4 Å². The maximum atomic E-state index is 11.7. The number of aliphatic hydroxyl groups excluding tert-OH is 1. The lowest BCUT2D eigenvalue weighted by Gasteiger charge is -2.14. The molecule has 1 aromatic rings. The normalized spacial score (nSPS) is 12.1. The van der Waals surface area contributed by atoms with E-state index in [1.807, 2.05) is 36.6 Å². The van der Waals surface area contributed by atoms with Crippen LogP contribution in [-0.2, 0) is 4.79 Å². The van der Waals surface area contributed by atoms with E-state index in [2.05, 4.69) is 55.0 Å². The molecule has 0 saturated heterocycles. The Morgan fingerprint density at radius 1 is 1.12 bits per heavy atom. The van der Waals surface area contributed by atoms with Crippen molar-refractivity contribution in [2.45, 2.75) is 58.8 Å². The van der Waals surface area contributed by atoms with E-state index in [-0.39, 0.29) is 19.1 Å². The number of nitrogens with zero attached hydrogens (tertiary/aromatic N) is 1. The highest BCUT2D eigenvalue weighted by Gasteiger charge is 2.15. The zero-order valence-electron chi connectivity index (χ0n) is 19.9. The summed E-state index contributed by atoms with van der Waals surface area (Å²) < 4.78 is 0. The number of hydrogen-bond acceptors (Lipinski definition) is 4. The van der Waals surface area contributed by atoms with Crippen LogP contribution in [0.15, 0.2) is 84.7 Å². The second-order valence-electron chi connectivity index (χ2n) is 7.32. The first-order valence-electron chi connectivity index (χ1n) is 11.4. The van der Waals surface area contributed by atoms with Crippen LogP contribution in [0.3, 0.4) is 0 Å². The predicted octanol–water partition coefficient (Wildman–Crippen LogP) is 5.60. The predicted molar refractivity (Wildman–Crippen MR) is 137 cm³/mol. The molecule has 1 aliphatic heterocycles. The molecule has 2 rings (SSSR count). The SMILES string of the molecule is C=C/C=C\C=C.CCCCCCCC1=CNN=C(C(=O)NCCO)C1.Cc1ccccc1. The molecular weight excluding hydrogens is 398 g/mol. The Hall–Kier alpha value is -2.92. The van der Waals surface area contributed by atoms with Crippen molar-refractivity contribution in [3.8, 4) is 0 Å². The van der Waals surface area contributed by atoms with Crippen LogP contribution in [0.2, 0.25) is 0 Å². The monoisotopic (exact) mass is 439 g/mol. The van der Waals surface area contributed by atoms with Gasteiger partial charge in [0.1, 0.15) is 5.71 Å². The van der Waals surface area contributed by atoms with E-state index >= 15 is 0 Å². The highest BCUT2D eigenvalue weighted by molar-refractivity contribution is 6.39. The molecule has 0 radical (unpaired) electrons. The molecule has 1 amide bonds. The quantitative estimate of drug-likeness (QED) is 0.310. The average Bonchev–Trinajstić information content (AvgIpc) is 2.82. The van der Waals surface area contributed by atoms with Crippen LogP contribution in [-0.4, -0.2) is 29.9 Å². The molecule has 0 saturated carbocycles. The van der Waals surface area contributed by atoms with Crippen molar-refractivity contribution >= 4 is 11.6 Å². The summed E-state index contributed by atoms with van der Waals surface area (Å²) in [5.74, 6) is -0.196. The summed E-state index contributed by atoms with van der Waals surface area (Å²) in [6.07, 6.45) is 16.8. The van der Waals surface area contributed by atoms with Crippen LogP contribution in [0.4, 0.5) is 0 Å². The fourth-order valence-corrected chi connectivity index (χ4v) is 2.72. The number of benzene rings is 1. The molecular formula is C27H41N3O2. The van der Waals surface area contributed by atoms with Gasteiger partial charge in [0.05, 0.1) is 6.61 Å². The van der Waals surface area contributed by atoms with Crippen molar-refractivity contribution in [3.63, 3.8) is 0 Å². The molecule has 5 heteroatoms. The second-order valence-corrected chi connectivity index (χ2v) is 7.32. The van der Waals surface area contributed by atoms with Crippen molar-refractivity contribution in [2.75, 3.05) is 13.2 Å². The smallest absolute Gasteiger partial charge is 0.267 e. The van der Waals surface area contributed by atoms with Gasteiger partial charge in [0.25, 0.3) is 5.91 Å². The molecule has 0 spiro atoms. The molecule has 0 aromatic heterocycles. The molecule has 176 valence electrons. The summed E-state index contributed by atoms with van der Waals surface area (Å²) in [7, 11) is 0. The fraction of sp³-hybridized carbons (Fsp3) is 0.407. The number of amides is 1. The molecule has 1 aliphatic rings. The van der Waals surface area contributed by atoms with E-state index in [1.54, 1.807) is 12.2 Å². The first-order valence-corrected chi connectivity index (χ1v) is 11.4. The van der Waals surface area contributed by atoms with Gasteiger partial charge in [0.15, 0.2) is 0 Å². The Morgan fingerprint density at radius 3 is 2.31 bits per heavy atom. The number of aliphatic hydroxyl groups is 1. The van der Waals surface area contributed by atoms with Gasteiger partial charge in [-0.2, -0.15) is 5.10 Å². The van der Waals surface area contributed by atoms with E-state index < -0.39 is 0 Å². The summed E-state index contributed by atoms with van der Waals surface area (Å²) >= 11 is 0. The lowest BCUT2D eigenvalue weighted by atomic mass is 10.0. The molecule has 0 unspecified atom stereocenters. The molecule has 32 heavy (non-hydrogen) atoms. The number of carbonyl (C=O) groups is 1. The molecule has 0 fully saturated rings. The number of carbonyl (C=O) groups excluding carboxylic acids is 1. The lowest BCUT2D eigenvalue weighted by Crippen LogP contribution is -2.35. The van der Waals surface area contributed by atoms with Crippen LogP contribution in [0, 0.1) is 6.92 Å². The molecule has 0 aliphatic carbocycles. The molecule has 3 N–H and O–H groups in total. The minimum Gasteiger partial charge on any atom is -0.395 e. The standard InChI is InChI=1S/C14H25N3O2.C7H8.C6H8/c1-2-3-4-5-6-7-12-10-13(17-16-11-12)14(19)15-8-9-18;1-7-5-3-2-4-6-7;1-3-5-6-4-2/h11,16,18H,2-10H2,1H3,(H,15,19);2-6H,1H3;3-6H,1-2H2/b;;6-5-. The summed E-state index contributed by atoms with van der Waals surface area (Å²) in [5.41, 5.74) is 5.84. The lowest BCUT2D eigenvalue weighted by molar-refractivity contribution is -0.115. The summed E-state index contributed by atoms with van der Waals surface area (Å²) in [4.78, 5) is 11.7. The second kappa shape index (κ2) is 21.3. The number of hydrogen-bond donors (Lipinski definition) is 3. The molecule has 1 heterocycles. The number of allylic oxidation sites excluding steroid dienone is 5. The molecule has 0 atom stereocenters. The van der Waals surface area contributed by atoms with E-state index in [0.717, 1.165) is 6.42 Å². The van der Waals surface area contributed by atoms with E-state index in [0.29, 0.717) is 12.1 Å². The summed E-state index contributed by atoms with van der Waals surface area (Å²) in [6.45, 7) is 11.4. The fourth-order valence-electron chi connectivity index (χ4n) is 2.72. The first-order chi connectivity index (χ1) is 15.6. The van der Waals surface area contributed by atoms with Gasteiger partial charge in [-0.1, -0.05) is 106 Å². The van der Waals surface area contributed by atoms with Crippen molar-refractivity contribution in [1.29, 1.82) is 0 Å². The number of hydrazone groups is 1. The van der Waals surface area contributed by atoms with Gasteiger partial charge in [-0.15, -0.1) is 0 Å². The topological polar surface area (TPSA) is 73.7 Å². The van der Waals surface area contributed by atoms with E-state index in [1.165, 1.54) is 43.2 Å². The third-order valence-corrected chi connectivity index (χ3v) is 4.45. The van der Waals surface area contributed by atoms with E-state index in [4.69, 9.17) is 5.11 Å². The maximum absolute atomic E-state index is 11.7. The van der Waals surface area contributed by atoms with Crippen LogP contribution < -0.4 is 10.7 Å². The third-order valence-electron chi connectivity index (χ3n) is 4.45. The van der Waals surface area contributed by atoms with Crippen molar-refractivity contribution < 1.29 is 9.90 Å². The summed E-state index contributed by atoms with van der Waals surface area (Å²) in [6, 6.07) is 10.3. The molecule has 0 bridgehead atoms. The number of rotatable bonds is 11. The van der Waals surface area contributed by atoms with Gasteiger partial charge in [-0.3, -0.25) is 10.2 Å². The number of nitrogens with one attached hydrogen (secondary N) is 2. The Kier molecular flexibility index (Phi) is 19.4.